The zero-order valence-corrected chi connectivity index (χ0v) is 13.9. The number of nitrogens with zero attached hydrogens (tertiary/aromatic N) is 1. The Balaban J connectivity index is 1.91. The van der Waals surface area contributed by atoms with E-state index in [9.17, 15) is 9.59 Å². The quantitative estimate of drug-likeness (QED) is 0.411. The third-order valence-corrected chi connectivity index (χ3v) is 3.97. The van der Waals surface area contributed by atoms with E-state index in [-0.39, 0.29) is 11.8 Å². The van der Waals surface area contributed by atoms with Gasteiger partial charge in [-0.3, -0.25) is 0 Å². The summed E-state index contributed by atoms with van der Waals surface area (Å²) in [5.74, 6) is -0.537. The molecule has 24 heavy (non-hydrogen) atoms. The monoisotopic (exact) mass is 343 g/mol. The Morgan fingerprint density at radius 1 is 1.21 bits per heavy atom. The molecule has 0 spiro atoms. The average Bonchev–Trinajstić information content (AvgIpc) is 2.54. The van der Waals surface area contributed by atoms with Gasteiger partial charge >= 0.3 is 11.6 Å². The minimum Gasteiger partial charge on any atom is -0.457 e. The van der Waals surface area contributed by atoms with Gasteiger partial charge in [-0.25, -0.2) is 14.6 Å². The van der Waals surface area contributed by atoms with Crippen molar-refractivity contribution in [3.63, 3.8) is 0 Å². The summed E-state index contributed by atoms with van der Waals surface area (Å²) in [4.78, 5) is 27.6. The molecule has 1 aromatic carbocycles. The van der Waals surface area contributed by atoms with Crippen molar-refractivity contribution in [2.75, 3.05) is 0 Å². The first kappa shape index (κ1) is 16.2. The van der Waals surface area contributed by atoms with E-state index >= 15 is 0 Å². The first-order valence-corrected chi connectivity index (χ1v) is 7.64. The Kier molecular flexibility index (Phi) is 4.36. The summed E-state index contributed by atoms with van der Waals surface area (Å²) >= 11 is 5.76. The molecule has 0 aliphatic carbocycles. The molecular weight excluding hydrogens is 330 g/mol. The van der Waals surface area contributed by atoms with E-state index in [4.69, 9.17) is 20.8 Å². The lowest BCUT2D eigenvalue weighted by Gasteiger charge is -2.09. The van der Waals surface area contributed by atoms with Gasteiger partial charge in [0.05, 0.1) is 5.56 Å². The molecule has 122 valence electrons. The smallest absolute Gasteiger partial charge is 0.338 e. The molecular formula is C18H14ClNO4. The van der Waals surface area contributed by atoms with Crippen LogP contribution in [0.3, 0.4) is 0 Å². The van der Waals surface area contributed by atoms with Crippen LogP contribution in [0, 0.1) is 13.8 Å². The van der Waals surface area contributed by atoms with Gasteiger partial charge < -0.3 is 9.15 Å². The maximum absolute atomic E-state index is 12.1. The molecule has 0 unspecified atom stereocenters. The lowest BCUT2D eigenvalue weighted by atomic mass is 10.0. The normalized spacial score (nSPS) is 10.8. The first-order chi connectivity index (χ1) is 11.4. The summed E-state index contributed by atoms with van der Waals surface area (Å²) < 4.78 is 10.5. The van der Waals surface area contributed by atoms with E-state index in [1.54, 1.807) is 6.07 Å². The maximum Gasteiger partial charge on any atom is 0.338 e. The van der Waals surface area contributed by atoms with Gasteiger partial charge in [0.25, 0.3) is 0 Å². The molecule has 0 saturated carbocycles. The van der Waals surface area contributed by atoms with E-state index in [0.717, 1.165) is 16.5 Å². The van der Waals surface area contributed by atoms with Gasteiger partial charge in [-0.05, 0) is 49.2 Å². The third-order valence-electron chi connectivity index (χ3n) is 3.77. The van der Waals surface area contributed by atoms with Crippen molar-refractivity contribution in [1.29, 1.82) is 0 Å². The highest BCUT2D eigenvalue weighted by molar-refractivity contribution is 6.29. The predicted molar refractivity (Wildman–Crippen MR) is 90.3 cm³/mol. The predicted octanol–water partition coefficient (Wildman–Crippen LogP) is 3.82. The summed E-state index contributed by atoms with van der Waals surface area (Å²) in [6, 6.07) is 8.00. The number of aromatic nitrogens is 1. The van der Waals surface area contributed by atoms with Gasteiger partial charge in [-0.2, -0.15) is 0 Å². The van der Waals surface area contributed by atoms with Gasteiger partial charge in [0.15, 0.2) is 0 Å². The van der Waals surface area contributed by atoms with Crippen molar-refractivity contribution in [1.82, 2.24) is 4.98 Å². The summed E-state index contributed by atoms with van der Waals surface area (Å²) in [6.45, 7) is 3.87. The molecule has 0 saturated heterocycles. The minimum atomic E-state index is -0.537. The highest BCUT2D eigenvalue weighted by Gasteiger charge is 2.12. The number of hydrogen-bond acceptors (Lipinski definition) is 5. The van der Waals surface area contributed by atoms with Crippen LogP contribution in [-0.4, -0.2) is 11.0 Å². The molecule has 0 atom stereocenters. The summed E-state index contributed by atoms with van der Waals surface area (Å²) in [5, 5.41) is 0.958. The van der Waals surface area contributed by atoms with Gasteiger partial charge in [-0.15, -0.1) is 0 Å². The number of halogens is 1. The molecule has 5 nitrogen and oxygen atoms in total. The standard InChI is InChI=1S/C18H14ClNO4/c1-10-5-14-13(8-17(21)24-15(14)6-11(10)2)9-23-18(22)12-3-4-20-16(19)7-12/h3-8H,9H2,1-2H3. The number of ether oxygens (including phenoxy) is 1. The highest BCUT2D eigenvalue weighted by atomic mass is 35.5. The number of esters is 1. The summed E-state index contributed by atoms with van der Waals surface area (Å²) in [7, 11) is 0. The molecule has 3 aromatic rings. The lowest BCUT2D eigenvalue weighted by Crippen LogP contribution is -2.08. The van der Waals surface area contributed by atoms with Crippen molar-refractivity contribution in [3.05, 3.63) is 74.4 Å². The van der Waals surface area contributed by atoms with Crippen LogP contribution in [0.1, 0.15) is 27.0 Å². The van der Waals surface area contributed by atoms with Crippen LogP contribution in [-0.2, 0) is 11.3 Å². The first-order valence-electron chi connectivity index (χ1n) is 7.27. The van der Waals surface area contributed by atoms with E-state index in [0.29, 0.717) is 16.7 Å². The van der Waals surface area contributed by atoms with Crippen LogP contribution >= 0.6 is 11.6 Å². The van der Waals surface area contributed by atoms with Crippen molar-refractivity contribution >= 4 is 28.5 Å². The Bertz CT molecular complexity index is 994. The van der Waals surface area contributed by atoms with Gasteiger partial charge in [0.2, 0.25) is 0 Å². The molecule has 2 heterocycles. The SMILES string of the molecule is Cc1cc2oc(=O)cc(COC(=O)c3ccnc(Cl)c3)c2cc1C. The number of fused-ring (bicyclic) bond motifs is 1. The molecule has 6 heteroatoms. The van der Waals surface area contributed by atoms with Crippen molar-refractivity contribution < 1.29 is 13.9 Å². The molecule has 2 aromatic heterocycles. The number of carbonyl (C=O) groups is 1. The fourth-order valence-corrected chi connectivity index (χ4v) is 2.53. The average molecular weight is 344 g/mol. The number of aryl methyl sites for hydroxylation is 2. The number of rotatable bonds is 3. The van der Waals surface area contributed by atoms with Crippen molar-refractivity contribution in [3.8, 4) is 0 Å². The fourth-order valence-electron chi connectivity index (χ4n) is 2.36. The lowest BCUT2D eigenvalue weighted by molar-refractivity contribution is 0.0473. The largest absolute Gasteiger partial charge is 0.457 e. The van der Waals surface area contributed by atoms with Gasteiger partial charge in [-0.1, -0.05) is 11.6 Å². The van der Waals surface area contributed by atoms with Crippen molar-refractivity contribution in [2.45, 2.75) is 20.5 Å². The van der Waals surface area contributed by atoms with Crippen LogP contribution in [0.4, 0.5) is 0 Å². The minimum absolute atomic E-state index is 0.0383. The summed E-state index contributed by atoms with van der Waals surface area (Å²) in [6.07, 6.45) is 1.43. The number of benzene rings is 1. The molecule has 3 rings (SSSR count). The topological polar surface area (TPSA) is 69.4 Å². The van der Waals surface area contributed by atoms with E-state index < -0.39 is 11.6 Å². The Hall–Kier alpha value is -2.66. The Morgan fingerprint density at radius 3 is 2.71 bits per heavy atom. The molecule has 0 radical (unpaired) electrons. The van der Waals surface area contributed by atoms with Crippen LogP contribution < -0.4 is 5.63 Å². The maximum atomic E-state index is 12.1. The van der Waals surface area contributed by atoms with Gasteiger partial charge in [0.1, 0.15) is 17.3 Å². The third kappa shape index (κ3) is 3.31. The van der Waals surface area contributed by atoms with Crippen LogP contribution in [0.25, 0.3) is 11.0 Å². The van der Waals surface area contributed by atoms with Crippen LogP contribution in [0.2, 0.25) is 5.15 Å². The zero-order valence-electron chi connectivity index (χ0n) is 13.1. The second kappa shape index (κ2) is 6.45. The van der Waals surface area contributed by atoms with Gasteiger partial charge in [0, 0.05) is 23.2 Å². The van der Waals surface area contributed by atoms with Crippen molar-refractivity contribution in [2.24, 2.45) is 0 Å². The molecule has 0 bridgehead atoms. The Labute approximate surface area is 142 Å². The van der Waals surface area contributed by atoms with E-state index in [1.807, 2.05) is 19.9 Å². The second-order valence-corrected chi connectivity index (χ2v) is 5.85. The molecule has 0 aliphatic heterocycles. The fraction of sp³-hybridized carbons (Fsp3) is 0.167. The van der Waals surface area contributed by atoms with E-state index in [2.05, 4.69) is 4.98 Å². The van der Waals surface area contributed by atoms with Crippen LogP contribution in [0.5, 0.6) is 0 Å². The molecule has 0 fully saturated rings. The summed E-state index contributed by atoms with van der Waals surface area (Å²) in [5.41, 5.74) is 2.97. The molecule has 0 N–H and O–H groups in total. The number of pyridine rings is 1. The zero-order chi connectivity index (χ0) is 17.3. The highest BCUT2D eigenvalue weighted by Crippen LogP contribution is 2.22. The number of hydrogen-bond donors (Lipinski definition) is 0. The molecule has 0 aliphatic rings. The van der Waals surface area contributed by atoms with Crippen LogP contribution in [0.15, 0.2) is 45.7 Å². The Morgan fingerprint density at radius 2 is 1.96 bits per heavy atom. The van der Waals surface area contributed by atoms with E-state index in [1.165, 1.54) is 24.4 Å². The second-order valence-electron chi connectivity index (χ2n) is 5.47. The molecule has 0 amide bonds. The number of carbonyl (C=O) groups excluding carboxylic acids is 1.